The molecule has 1 aliphatic rings. The van der Waals surface area contributed by atoms with E-state index in [2.05, 4.69) is 31.1 Å². The summed E-state index contributed by atoms with van der Waals surface area (Å²) in [6.07, 6.45) is 2.24. The van der Waals surface area contributed by atoms with Gasteiger partial charge in [0.25, 0.3) is 0 Å². The van der Waals surface area contributed by atoms with Gasteiger partial charge in [-0.2, -0.15) is 0 Å². The molecule has 1 atom stereocenters. The number of nitrogens with zero attached hydrogens (tertiary/aromatic N) is 1. The first-order valence-corrected chi connectivity index (χ1v) is 7.36. The van der Waals surface area contributed by atoms with E-state index in [1.165, 1.54) is 12.1 Å². The van der Waals surface area contributed by atoms with Gasteiger partial charge in [-0.05, 0) is 45.2 Å². The molecule has 1 aromatic rings. The lowest BCUT2D eigenvalue weighted by Gasteiger charge is -2.35. The van der Waals surface area contributed by atoms with Crippen LogP contribution in [0.1, 0.15) is 39.2 Å². The number of nitrogens with one attached hydrogen (secondary N) is 1. The molecule has 0 amide bonds. The van der Waals surface area contributed by atoms with Gasteiger partial charge in [0.05, 0.1) is 16.6 Å². The molecule has 1 saturated carbocycles. The van der Waals surface area contributed by atoms with Gasteiger partial charge in [-0.25, -0.2) is 0 Å². The molecule has 0 saturated heterocycles. The molecule has 2 nitrogen and oxygen atoms in total. The molecule has 0 radical (unpaired) electrons. The summed E-state index contributed by atoms with van der Waals surface area (Å²) in [6, 6.07) is 6.10. The highest BCUT2D eigenvalue weighted by Crippen LogP contribution is 2.27. The number of hydrogen-bond acceptors (Lipinski definition) is 2. The van der Waals surface area contributed by atoms with Crippen LogP contribution >= 0.6 is 23.2 Å². The van der Waals surface area contributed by atoms with Crippen LogP contribution in [0.25, 0.3) is 0 Å². The fourth-order valence-electron chi connectivity index (χ4n) is 2.14. The molecule has 0 aromatic heterocycles. The predicted molar refractivity (Wildman–Crippen MR) is 83.5 cm³/mol. The van der Waals surface area contributed by atoms with E-state index in [9.17, 15) is 0 Å². The van der Waals surface area contributed by atoms with Crippen molar-refractivity contribution in [1.82, 2.24) is 5.32 Å². The second-order valence-electron chi connectivity index (χ2n) is 6.01. The standard InChI is InChI=1S/C15H20Cl2N2/c1-15(2,3)19-13-8-7-12(13)18-9-10-5-4-6-11(16)14(10)17/h4-6,13,19H,7-9H2,1-3H3. The fraction of sp³-hybridized carbons (Fsp3) is 0.533. The lowest BCUT2D eigenvalue weighted by atomic mass is 9.87. The summed E-state index contributed by atoms with van der Waals surface area (Å²) in [5.41, 5.74) is 2.36. The largest absolute Gasteiger partial charge is 0.304 e. The Morgan fingerprint density at radius 2 is 2.05 bits per heavy atom. The summed E-state index contributed by atoms with van der Waals surface area (Å²) in [4.78, 5) is 4.68. The lowest BCUT2D eigenvalue weighted by molar-refractivity contribution is 0.370. The van der Waals surface area contributed by atoms with Gasteiger partial charge in [-0.15, -0.1) is 0 Å². The van der Waals surface area contributed by atoms with Gasteiger partial charge in [-0.1, -0.05) is 35.3 Å². The molecule has 1 fully saturated rings. The number of benzene rings is 1. The first-order chi connectivity index (χ1) is 8.87. The van der Waals surface area contributed by atoms with Gasteiger partial charge < -0.3 is 5.32 Å². The second kappa shape index (κ2) is 5.82. The van der Waals surface area contributed by atoms with Crippen molar-refractivity contribution >= 4 is 28.9 Å². The quantitative estimate of drug-likeness (QED) is 0.874. The van der Waals surface area contributed by atoms with E-state index in [0.29, 0.717) is 22.6 Å². The topological polar surface area (TPSA) is 24.4 Å². The SMILES string of the molecule is CC(C)(C)NC1CCC1=NCc1cccc(Cl)c1Cl. The van der Waals surface area contributed by atoms with Crippen LogP contribution in [-0.4, -0.2) is 17.3 Å². The Balaban J connectivity index is 2.01. The molecule has 0 aliphatic heterocycles. The molecule has 4 heteroatoms. The molecule has 19 heavy (non-hydrogen) atoms. The monoisotopic (exact) mass is 298 g/mol. The Labute approximate surface area is 125 Å². The van der Waals surface area contributed by atoms with E-state index < -0.39 is 0 Å². The first-order valence-electron chi connectivity index (χ1n) is 6.60. The minimum Gasteiger partial charge on any atom is -0.304 e. The summed E-state index contributed by atoms with van der Waals surface area (Å²) in [6.45, 7) is 7.14. The Bertz CT molecular complexity index is 489. The van der Waals surface area contributed by atoms with E-state index in [1.807, 2.05) is 12.1 Å². The Hall–Kier alpha value is -0.570. The molecule has 0 spiro atoms. The van der Waals surface area contributed by atoms with E-state index in [1.54, 1.807) is 6.07 Å². The van der Waals surface area contributed by atoms with Crippen LogP contribution in [-0.2, 0) is 6.54 Å². The summed E-state index contributed by atoms with van der Waals surface area (Å²) in [5, 5.41) is 4.79. The van der Waals surface area contributed by atoms with Crippen molar-refractivity contribution in [3.05, 3.63) is 33.8 Å². The van der Waals surface area contributed by atoms with Crippen LogP contribution in [0.5, 0.6) is 0 Å². The molecule has 2 rings (SSSR count). The Kier molecular flexibility index (Phi) is 4.54. The number of hydrogen-bond donors (Lipinski definition) is 1. The third-order valence-corrected chi connectivity index (χ3v) is 4.04. The highest BCUT2D eigenvalue weighted by atomic mass is 35.5. The van der Waals surface area contributed by atoms with Crippen LogP contribution in [0.3, 0.4) is 0 Å². The van der Waals surface area contributed by atoms with Gasteiger partial charge in [0.15, 0.2) is 0 Å². The van der Waals surface area contributed by atoms with Crippen molar-refractivity contribution in [2.24, 2.45) is 4.99 Å². The van der Waals surface area contributed by atoms with Crippen molar-refractivity contribution in [2.75, 3.05) is 0 Å². The molecule has 1 N–H and O–H groups in total. The maximum atomic E-state index is 6.16. The molecule has 0 heterocycles. The van der Waals surface area contributed by atoms with Crippen LogP contribution in [0, 0.1) is 0 Å². The zero-order chi connectivity index (χ0) is 14.0. The van der Waals surface area contributed by atoms with Gasteiger partial charge in [0, 0.05) is 17.3 Å². The summed E-state index contributed by atoms with van der Waals surface area (Å²) in [5.74, 6) is 0. The van der Waals surface area contributed by atoms with Crippen molar-refractivity contribution in [2.45, 2.75) is 51.7 Å². The van der Waals surface area contributed by atoms with Crippen molar-refractivity contribution < 1.29 is 0 Å². The highest BCUT2D eigenvalue weighted by Gasteiger charge is 2.28. The number of halogens is 2. The number of rotatable bonds is 3. The molecule has 1 aliphatic carbocycles. The Morgan fingerprint density at radius 1 is 1.32 bits per heavy atom. The zero-order valence-corrected chi connectivity index (χ0v) is 13.1. The molecule has 1 aromatic carbocycles. The maximum Gasteiger partial charge on any atom is 0.0654 e. The maximum absolute atomic E-state index is 6.16. The van der Waals surface area contributed by atoms with Crippen LogP contribution in [0.2, 0.25) is 10.0 Å². The van der Waals surface area contributed by atoms with E-state index in [4.69, 9.17) is 23.2 Å². The van der Waals surface area contributed by atoms with Crippen molar-refractivity contribution in [3.63, 3.8) is 0 Å². The summed E-state index contributed by atoms with van der Waals surface area (Å²) < 4.78 is 0. The van der Waals surface area contributed by atoms with E-state index in [0.717, 1.165) is 12.0 Å². The second-order valence-corrected chi connectivity index (χ2v) is 6.79. The van der Waals surface area contributed by atoms with E-state index in [-0.39, 0.29) is 5.54 Å². The van der Waals surface area contributed by atoms with Gasteiger partial charge in [0.2, 0.25) is 0 Å². The minimum atomic E-state index is 0.125. The lowest BCUT2D eigenvalue weighted by Crippen LogP contribution is -2.52. The minimum absolute atomic E-state index is 0.125. The molecule has 1 unspecified atom stereocenters. The van der Waals surface area contributed by atoms with Crippen LogP contribution < -0.4 is 5.32 Å². The predicted octanol–water partition coefficient (Wildman–Crippen LogP) is 4.48. The Morgan fingerprint density at radius 3 is 2.63 bits per heavy atom. The third kappa shape index (κ3) is 3.95. The van der Waals surface area contributed by atoms with Gasteiger partial charge in [0.1, 0.15) is 0 Å². The van der Waals surface area contributed by atoms with Gasteiger partial charge in [-0.3, -0.25) is 4.99 Å². The normalized spacial score (nSPS) is 21.5. The smallest absolute Gasteiger partial charge is 0.0654 e. The number of aliphatic imine (C=N–C) groups is 1. The summed E-state index contributed by atoms with van der Waals surface area (Å²) in [7, 11) is 0. The van der Waals surface area contributed by atoms with E-state index >= 15 is 0 Å². The van der Waals surface area contributed by atoms with Crippen molar-refractivity contribution in [1.29, 1.82) is 0 Å². The fourth-order valence-corrected chi connectivity index (χ4v) is 2.52. The average Bonchev–Trinajstić information content (AvgIpc) is 2.29. The highest BCUT2D eigenvalue weighted by molar-refractivity contribution is 6.42. The molecular weight excluding hydrogens is 279 g/mol. The molecule has 0 bridgehead atoms. The van der Waals surface area contributed by atoms with Crippen LogP contribution in [0.15, 0.2) is 23.2 Å². The molecule has 104 valence electrons. The third-order valence-electron chi connectivity index (χ3n) is 3.18. The van der Waals surface area contributed by atoms with Crippen LogP contribution in [0.4, 0.5) is 0 Å². The zero-order valence-electron chi connectivity index (χ0n) is 11.6. The summed E-state index contributed by atoms with van der Waals surface area (Å²) >= 11 is 12.2. The average molecular weight is 299 g/mol. The molecular formula is C15H20Cl2N2. The van der Waals surface area contributed by atoms with Crippen molar-refractivity contribution in [3.8, 4) is 0 Å². The first kappa shape index (κ1) is 14.8. The van der Waals surface area contributed by atoms with Gasteiger partial charge >= 0.3 is 0 Å².